The average Bonchev–Trinajstić information content (AvgIpc) is 2.38. The second-order valence-electron chi connectivity index (χ2n) is 4.97. The minimum atomic E-state index is -2.46. The molecule has 2 nitrogen and oxygen atoms in total. The van der Waals surface area contributed by atoms with Gasteiger partial charge in [-0.15, -0.1) is 0 Å². The summed E-state index contributed by atoms with van der Waals surface area (Å²) in [4.78, 5) is 2.08. The number of nitrogens with zero attached hydrogens (tertiary/aromatic N) is 1. The summed E-state index contributed by atoms with van der Waals surface area (Å²) in [5, 5.41) is 4.05. The van der Waals surface area contributed by atoms with E-state index < -0.39 is 5.92 Å². The molecular weight excluding hydrogens is 270 g/mol. The molecule has 1 aromatic carbocycles. The molecule has 1 saturated heterocycles. The summed E-state index contributed by atoms with van der Waals surface area (Å²) in [7, 11) is 0. The van der Waals surface area contributed by atoms with Crippen molar-refractivity contribution in [2.45, 2.75) is 25.3 Å². The number of nitrogens with one attached hydrogen (secondary N) is 1. The molecule has 0 unspecified atom stereocenters. The van der Waals surface area contributed by atoms with E-state index in [1.54, 1.807) is 0 Å². The summed E-state index contributed by atoms with van der Waals surface area (Å²) < 4.78 is 25.9. The lowest BCUT2D eigenvalue weighted by Crippen LogP contribution is -2.42. The Morgan fingerprint density at radius 1 is 1.21 bits per heavy atom. The van der Waals surface area contributed by atoms with Gasteiger partial charge in [-0.25, -0.2) is 8.78 Å². The first-order chi connectivity index (χ1) is 9.07. The molecule has 1 fully saturated rings. The molecule has 2 rings (SSSR count). The molecule has 19 heavy (non-hydrogen) atoms. The number of likely N-dealkylation sites (tertiary alicyclic amines) is 1. The molecule has 0 saturated carbocycles. The first-order valence-corrected chi connectivity index (χ1v) is 6.99. The van der Waals surface area contributed by atoms with Crippen molar-refractivity contribution >= 4 is 11.6 Å². The van der Waals surface area contributed by atoms with Crippen molar-refractivity contribution in [2.24, 2.45) is 0 Å². The molecule has 1 aromatic rings. The van der Waals surface area contributed by atoms with Crippen molar-refractivity contribution < 1.29 is 8.78 Å². The van der Waals surface area contributed by atoms with Crippen LogP contribution in [-0.2, 0) is 6.54 Å². The monoisotopic (exact) mass is 288 g/mol. The van der Waals surface area contributed by atoms with E-state index in [9.17, 15) is 8.78 Å². The van der Waals surface area contributed by atoms with Gasteiger partial charge < -0.3 is 10.2 Å². The quantitative estimate of drug-likeness (QED) is 0.837. The maximum Gasteiger partial charge on any atom is 0.250 e. The minimum absolute atomic E-state index is 0.0164. The molecule has 0 radical (unpaired) electrons. The van der Waals surface area contributed by atoms with Crippen LogP contribution in [0.2, 0.25) is 5.02 Å². The number of benzene rings is 1. The fourth-order valence-corrected chi connectivity index (χ4v) is 2.41. The molecule has 1 aliphatic heterocycles. The Morgan fingerprint density at radius 2 is 1.89 bits per heavy atom. The number of hydrogen-bond acceptors (Lipinski definition) is 2. The maximum atomic E-state index is 13.0. The topological polar surface area (TPSA) is 15.3 Å². The summed E-state index contributed by atoms with van der Waals surface area (Å²) in [6.45, 7) is 3.28. The summed E-state index contributed by atoms with van der Waals surface area (Å²) in [5.41, 5.74) is 1.06. The second-order valence-corrected chi connectivity index (χ2v) is 5.37. The molecule has 0 bridgehead atoms. The highest BCUT2D eigenvalue weighted by molar-refractivity contribution is 6.31. The molecule has 5 heteroatoms. The van der Waals surface area contributed by atoms with Crippen molar-refractivity contribution in [3.63, 3.8) is 0 Å². The van der Waals surface area contributed by atoms with Crippen molar-refractivity contribution in [3.8, 4) is 0 Å². The molecule has 0 spiro atoms. The Kier molecular flexibility index (Phi) is 5.13. The molecule has 0 atom stereocenters. The highest BCUT2D eigenvalue weighted by Gasteiger charge is 2.33. The van der Waals surface area contributed by atoms with Gasteiger partial charge in [0.1, 0.15) is 0 Å². The van der Waals surface area contributed by atoms with Crippen LogP contribution in [0.4, 0.5) is 8.78 Å². The van der Waals surface area contributed by atoms with Gasteiger partial charge in [0.2, 0.25) is 0 Å². The molecule has 106 valence electrons. The van der Waals surface area contributed by atoms with Gasteiger partial charge in [-0.2, -0.15) is 0 Å². The first kappa shape index (κ1) is 14.7. The predicted octanol–water partition coefficient (Wildman–Crippen LogP) is 3.16. The molecule has 1 N–H and O–H groups in total. The Labute approximate surface area is 117 Å². The van der Waals surface area contributed by atoms with Crippen molar-refractivity contribution in [3.05, 3.63) is 34.9 Å². The van der Waals surface area contributed by atoms with Crippen LogP contribution in [0.5, 0.6) is 0 Å². The third-order valence-electron chi connectivity index (χ3n) is 3.47. The standard InChI is InChI=1S/C14H19ClF2N2/c15-13-4-2-1-3-12(13)11-18-7-10-19-8-5-14(16,17)6-9-19/h1-4,18H,5-11H2. The zero-order valence-electron chi connectivity index (χ0n) is 10.8. The number of piperidine rings is 1. The van der Waals surface area contributed by atoms with Crippen molar-refractivity contribution in [2.75, 3.05) is 26.2 Å². The SMILES string of the molecule is FC1(F)CCN(CCNCc2ccccc2Cl)CC1. The summed E-state index contributed by atoms with van der Waals surface area (Å²) >= 11 is 6.05. The van der Waals surface area contributed by atoms with Gasteiger partial charge in [0.25, 0.3) is 5.92 Å². The molecule has 1 aliphatic rings. The van der Waals surface area contributed by atoms with E-state index in [0.717, 1.165) is 23.7 Å². The zero-order chi connectivity index (χ0) is 13.7. The molecule has 0 aromatic heterocycles. The van der Waals surface area contributed by atoms with Crippen molar-refractivity contribution in [1.82, 2.24) is 10.2 Å². The fourth-order valence-electron chi connectivity index (χ4n) is 2.21. The van der Waals surface area contributed by atoms with Crippen LogP contribution in [0.3, 0.4) is 0 Å². The lowest BCUT2D eigenvalue weighted by Gasteiger charge is -2.31. The van der Waals surface area contributed by atoms with Crippen molar-refractivity contribution in [1.29, 1.82) is 0 Å². The molecule has 0 aliphatic carbocycles. The molecule has 0 amide bonds. The third-order valence-corrected chi connectivity index (χ3v) is 3.83. The van der Waals surface area contributed by atoms with Crippen LogP contribution in [0.15, 0.2) is 24.3 Å². The maximum absolute atomic E-state index is 13.0. The predicted molar refractivity (Wildman–Crippen MR) is 73.8 cm³/mol. The third kappa shape index (κ3) is 4.71. The van der Waals surface area contributed by atoms with Crippen LogP contribution in [0, 0.1) is 0 Å². The minimum Gasteiger partial charge on any atom is -0.311 e. The van der Waals surface area contributed by atoms with Crippen LogP contribution < -0.4 is 5.32 Å². The van der Waals surface area contributed by atoms with Crippen LogP contribution >= 0.6 is 11.6 Å². The smallest absolute Gasteiger partial charge is 0.250 e. The van der Waals surface area contributed by atoms with E-state index >= 15 is 0 Å². The van der Waals surface area contributed by atoms with E-state index in [4.69, 9.17) is 11.6 Å². The summed E-state index contributed by atoms with van der Waals surface area (Å²) in [6.07, 6.45) is -0.0327. The molecular formula is C14H19ClF2N2. The van der Waals surface area contributed by atoms with E-state index in [-0.39, 0.29) is 12.8 Å². The van der Waals surface area contributed by atoms with E-state index in [1.807, 2.05) is 24.3 Å². The number of rotatable bonds is 5. The largest absolute Gasteiger partial charge is 0.311 e. The second kappa shape index (κ2) is 6.64. The van der Waals surface area contributed by atoms with E-state index in [1.165, 1.54) is 0 Å². The Hall–Kier alpha value is -0.710. The zero-order valence-corrected chi connectivity index (χ0v) is 11.6. The van der Waals surface area contributed by atoms with Gasteiger partial charge >= 0.3 is 0 Å². The van der Waals surface area contributed by atoms with Crippen LogP contribution in [-0.4, -0.2) is 37.0 Å². The summed E-state index contributed by atoms with van der Waals surface area (Å²) in [6, 6.07) is 7.71. The fraction of sp³-hybridized carbons (Fsp3) is 0.571. The van der Waals surface area contributed by atoms with Gasteiger partial charge in [0.05, 0.1) is 0 Å². The van der Waals surface area contributed by atoms with Gasteiger partial charge in [0, 0.05) is 50.6 Å². The summed E-state index contributed by atoms with van der Waals surface area (Å²) in [5.74, 6) is -2.46. The Morgan fingerprint density at radius 3 is 2.58 bits per heavy atom. The van der Waals surface area contributed by atoms with Gasteiger partial charge in [-0.1, -0.05) is 29.8 Å². The lowest BCUT2D eigenvalue weighted by atomic mass is 10.1. The highest BCUT2D eigenvalue weighted by Crippen LogP contribution is 2.27. The number of halogens is 3. The molecule has 1 heterocycles. The lowest BCUT2D eigenvalue weighted by molar-refractivity contribution is -0.0547. The van der Waals surface area contributed by atoms with Crippen LogP contribution in [0.1, 0.15) is 18.4 Å². The Bertz CT molecular complexity index is 402. The average molecular weight is 289 g/mol. The first-order valence-electron chi connectivity index (χ1n) is 6.61. The van der Waals surface area contributed by atoms with Gasteiger partial charge in [0.15, 0.2) is 0 Å². The van der Waals surface area contributed by atoms with Gasteiger partial charge in [-0.05, 0) is 11.6 Å². The van der Waals surface area contributed by atoms with E-state index in [0.29, 0.717) is 19.6 Å². The normalized spacial score (nSPS) is 19.5. The van der Waals surface area contributed by atoms with Gasteiger partial charge in [-0.3, -0.25) is 0 Å². The Balaban J connectivity index is 1.64. The van der Waals surface area contributed by atoms with Crippen LogP contribution in [0.25, 0.3) is 0 Å². The number of hydrogen-bond donors (Lipinski definition) is 1. The number of alkyl halides is 2. The van der Waals surface area contributed by atoms with E-state index in [2.05, 4.69) is 10.2 Å². The highest BCUT2D eigenvalue weighted by atomic mass is 35.5.